The molecule has 0 aliphatic carbocycles. The molecule has 2 heterocycles. The third-order valence-electron chi connectivity index (χ3n) is 4.79. The molecule has 25 heavy (non-hydrogen) atoms. The van der Waals surface area contributed by atoms with E-state index in [0.29, 0.717) is 6.61 Å². The van der Waals surface area contributed by atoms with Crippen molar-refractivity contribution < 1.29 is 4.74 Å². The van der Waals surface area contributed by atoms with Crippen LogP contribution in [-0.4, -0.2) is 64.0 Å². The van der Waals surface area contributed by atoms with Crippen LogP contribution < -0.4 is 0 Å². The Labute approximate surface area is 154 Å². The van der Waals surface area contributed by atoms with Gasteiger partial charge in [-0.1, -0.05) is 24.3 Å². The molecule has 0 unspecified atom stereocenters. The van der Waals surface area contributed by atoms with E-state index in [4.69, 9.17) is 17.0 Å². The van der Waals surface area contributed by atoms with E-state index >= 15 is 0 Å². The van der Waals surface area contributed by atoms with Gasteiger partial charge in [0.25, 0.3) is 0 Å². The van der Waals surface area contributed by atoms with Gasteiger partial charge in [0.05, 0.1) is 13.3 Å². The second-order valence-electron chi connectivity index (χ2n) is 6.56. The highest BCUT2D eigenvalue weighted by atomic mass is 32.1. The fraction of sp³-hybridized carbons (Fsp3) is 0.556. The minimum absolute atomic E-state index is 0.650. The van der Waals surface area contributed by atoms with Gasteiger partial charge in [-0.2, -0.15) is 5.10 Å². The number of benzene rings is 1. The third-order valence-corrected chi connectivity index (χ3v) is 5.23. The molecule has 1 aromatic carbocycles. The van der Waals surface area contributed by atoms with Crippen molar-refractivity contribution in [1.29, 1.82) is 0 Å². The summed E-state index contributed by atoms with van der Waals surface area (Å²) in [7, 11) is 1.70. The molecule has 1 aromatic heterocycles. The minimum atomic E-state index is 0.650. The molecule has 1 aliphatic heterocycles. The van der Waals surface area contributed by atoms with Crippen LogP contribution in [0.4, 0.5) is 0 Å². The first-order chi connectivity index (χ1) is 12.2. The lowest BCUT2D eigenvalue weighted by Gasteiger charge is -2.34. The number of ether oxygens (including phenoxy) is 1. The highest BCUT2D eigenvalue weighted by Crippen LogP contribution is 2.13. The molecular weight excluding hydrogens is 334 g/mol. The number of nitrogens with zero attached hydrogens (tertiary/aromatic N) is 5. The Morgan fingerprint density at radius 1 is 1.12 bits per heavy atom. The monoisotopic (exact) mass is 361 g/mol. The van der Waals surface area contributed by atoms with E-state index in [1.807, 2.05) is 9.25 Å². The van der Waals surface area contributed by atoms with Gasteiger partial charge in [0, 0.05) is 46.4 Å². The summed E-state index contributed by atoms with van der Waals surface area (Å²) in [6.45, 7) is 9.61. The Kier molecular flexibility index (Phi) is 6.36. The number of methoxy groups -OCH3 is 1. The van der Waals surface area contributed by atoms with Crippen LogP contribution in [0.15, 0.2) is 30.6 Å². The molecule has 1 saturated heterocycles. The molecule has 0 spiro atoms. The van der Waals surface area contributed by atoms with Crippen molar-refractivity contribution in [2.45, 2.75) is 26.7 Å². The molecule has 0 saturated carbocycles. The second kappa shape index (κ2) is 8.71. The lowest BCUT2D eigenvalue weighted by Crippen LogP contribution is -2.46. The van der Waals surface area contributed by atoms with Crippen molar-refractivity contribution in [3.8, 4) is 0 Å². The molecule has 7 heteroatoms. The Balaban J connectivity index is 1.50. The smallest absolute Gasteiger partial charge is 0.198 e. The molecule has 0 amide bonds. The number of rotatable bonds is 7. The minimum Gasteiger partial charge on any atom is -0.383 e. The zero-order chi connectivity index (χ0) is 17.6. The zero-order valence-electron chi connectivity index (χ0n) is 15.1. The summed E-state index contributed by atoms with van der Waals surface area (Å²) >= 11 is 5.50. The summed E-state index contributed by atoms with van der Waals surface area (Å²) < 4.78 is 9.74. The maximum Gasteiger partial charge on any atom is 0.198 e. The first kappa shape index (κ1) is 18.3. The molecule has 2 aromatic rings. The van der Waals surface area contributed by atoms with Gasteiger partial charge in [-0.3, -0.25) is 9.80 Å². The molecule has 3 rings (SSSR count). The Morgan fingerprint density at radius 2 is 1.84 bits per heavy atom. The molecule has 1 fully saturated rings. The van der Waals surface area contributed by atoms with Crippen LogP contribution in [0.1, 0.15) is 11.1 Å². The third kappa shape index (κ3) is 4.76. The maximum atomic E-state index is 5.50. The van der Waals surface area contributed by atoms with Gasteiger partial charge in [-0.05, 0) is 30.3 Å². The van der Waals surface area contributed by atoms with Crippen LogP contribution in [0.25, 0.3) is 0 Å². The highest BCUT2D eigenvalue weighted by Gasteiger charge is 2.18. The number of hydrogen-bond acceptors (Lipinski definition) is 5. The topological polar surface area (TPSA) is 38.5 Å². The van der Waals surface area contributed by atoms with Crippen LogP contribution in [0, 0.1) is 11.7 Å². The van der Waals surface area contributed by atoms with Crippen molar-refractivity contribution >= 4 is 12.2 Å². The quantitative estimate of drug-likeness (QED) is 0.707. The second-order valence-corrected chi connectivity index (χ2v) is 6.93. The number of aromatic nitrogens is 3. The first-order valence-electron chi connectivity index (χ1n) is 8.78. The zero-order valence-corrected chi connectivity index (χ0v) is 15.9. The average Bonchev–Trinajstić information content (AvgIpc) is 2.97. The summed E-state index contributed by atoms with van der Waals surface area (Å²) in [5.74, 6) is 0. The van der Waals surface area contributed by atoms with Gasteiger partial charge < -0.3 is 9.30 Å². The van der Waals surface area contributed by atoms with Gasteiger partial charge in [0.2, 0.25) is 0 Å². The van der Waals surface area contributed by atoms with Crippen molar-refractivity contribution in [1.82, 2.24) is 24.1 Å². The summed E-state index contributed by atoms with van der Waals surface area (Å²) in [5, 5.41) is 4.43. The van der Waals surface area contributed by atoms with Crippen LogP contribution >= 0.6 is 12.2 Å². The maximum absolute atomic E-state index is 5.50. The molecule has 0 bridgehead atoms. The summed E-state index contributed by atoms with van der Waals surface area (Å²) in [6, 6.07) is 8.65. The van der Waals surface area contributed by atoms with E-state index in [-0.39, 0.29) is 0 Å². The summed E-state index contributed by atoms with van der Waals surface area (Å²) in [5.41, 5.74) is 2.80. The largest absolute Gasteiger partial charge is 0.383 e. The van der Waals surface area contributed by atoms with Crippen LogP contribution in [0.2, 0.25) is 0 Å². The predicted octanol–water partition coefficient (Wildman–Crippen LogP) is 2.14. The molecule has 0 atom stereocenters. The lowest BCUT2D eigenvalue weighted by atomic mass is 10.1. The van der Waals surface area contributed by atoms with E-state index in [9.17, 15) is 0 Å². The van der Waals surface area contributed by atoms with Crippen molar-refractivity contribution in [3.63, 3.8) is 0 Å². The van der Waals surface area contributed by atoms with Crippen molar-refractivity contribution in [2.75, 3.05) is 39.9 Å². The van der Waals surface area contributed by atoms with Gasteiger partial charge >= 0.3 is 0 Å². The van der Waals surface area contributed by atoms with E-state index in [1.165, 1.54) is 11.1 Å². The fourth-order valence-corrected chi connectivity index (χ4v) is 3.36. The van der Waals surface area contributed by atoms with E-state index in [0.717, 1.165) is 50.7 Å². The number of piperazine rings is 1. The van der Waals surface area contributed by atoms with Crippen LogP contribution in [-0.2, 0) is 24.5 Å². The lowest BCUT2D eigenvalue weighted by molar-refractivity contribution is 0.0978. The SMILES string of the molecule is COCCn1cnn(CN2CCN(Cc3ccccc3C)CC2)c1=S. The highest BCUT2D eigenvalue weighted by molar-refractivity contribution is 7.71. The van der Waals surface area contributed by atoms with E-state index < -0.39 is 0 Å². The van der Waals surface area contributed by atoms with E-state index in [2.05, 4.69) is 46.1 Å². The molecule has 1 aliphatic rings. The fourth-order valence-electron chi connectivity index (χ4n) is 3.12. The molecule has 0 N–H and O–H groups in total. The predicted molar refractivity (Wildman–Crippen MR) is 101 cm³/mol. The van der Waals surface area contributed by atoms with Gasteiger partial charge in [-0.25, -0.2) is 4.68 Å². The Bertz CT molecular complexity index is 733. The average molecular weight is 362 g/mol. The Morgan fingerprint density at radius 3 is 2.56 bits per heavy atom. The van der Waals surface area contributed by atoms with Crippen LogP contribution in [0.5, 0.6) is 0 Å². The summed E-state index contributed by atoms with van der Waals surface area (Å²) in [4.78, 5) is 4.94. The van der Waals surface area contributed by atoms with Gasteiger partial charge in [0.15, 0.2) is 4.77 Å². The summed E-state index contributed by atoms with van der Waals surface area (Å²) in [6.07, 6.45) is 1.80. The number of hydrogen-bond donors (Lipinski definition) is 0. The standard InChI is InChI=1S/C18H27N5OS/c1-16-5-3-4-6-17(16)13-20-7-9-21(10-8-20)15-23-18(25)22(14-19-23)11-12-24-2/h3-6,14H,7-13,15H2,1-2H3. The first-order valence-corrected chi connectivity index (χ1v) is 9.18. The molecule has 0 radical (unpaired) electrons. The molecule has 136 valence electrons. The van der Waals surface area contributed by atoms with Gasteiger partial charge in [0.1, 0.15) is 6.33 Å². The van der Waals surface area contributed by atoms with Crippen molar-refractivity contribution in [3.05, 3.63) is 46.5 Å². The van der Waals surface area contributed by atoms with Crippen molar-refractivity contribution in [2.24, 2.45) is 0 Å². The van der Waals surface area contributed by atoms with Crippen LogP contribution in [0.3, 0.4) is 0 Å². The normalized spacial score (nSPS) is 16.4. The van der Waals surface area contributed by atoms with E-state index in [1.54, 1.807) is 13.4 Å². The number of aryl methyl sites for hydroxylation is 1. The molecule has 6 nitrogen and oxygen atoms in total. The van der Waals surface area contributed by atoms with Gasteiger partial charge in [-0.15, -0.1) is 0 Å². The molecular formula is C18H27N5OS. The Hall–Kier alpha value is -1.54.